The van der Waals surface area contributed by atoms with Crippen LogP contribution in [0.15, 0.2) is 18.3 Å². The van der Waals surface area contributed by atoms with Gasteiger partial charge in [-0.3, -0.25) is 4.79 Å². The first-order valence-corrected chi connectivity index (χ1v) is 7.44. The molecule has 2 N–H and O–H groups in total. The highest BCUT2D eigenvalue weighted by Crippen LogP contribution is 2.17. The van der Waals surface area contributed by atoms with E-state index in [-0.39, 0.29) is 11.9 Å². The molecule has 2 rings (SSSR count). The maximum absolute atomic E-state index is 11.9. The molecule has 1 aromatic rings. The van der Waals surface area contributed by atoms with Gasteiger partial charge in [0, 0.05) is 25.4 Å². The second-order valence-electron chi connectivity index (χ2n) is 4.99. The average molecular weight is 328 g/mol. The summed E-state index contributed by atoms with van der Waals surface area (Å²) >= 11 is 5.71. The second-order valence-corrected chi connectivity index (χ2v) is 5.43. The molecule has 0 bridgehead atoms. The molecule has 0 aliphatic carbocycles. The summed E-state index contributed by atoms with van der Waals surface area (Å²) in [7, 11) is 0. The molecule has 0 atom stereocenters. The maximum Gasteiger partial charge on any atom is 0.317 e. The molecule has 1 aromatic heterocycles. The zero-order chi connectivity index (χ0) is 15.9. The van der Waals surface area contributed by atoms with Crippen molar-refractivity contribution in [3.63, 3.8) is 0 Å². The average Bonchev–Trinajstić information content (AvgIpc) is 2.53. The topological polar surface area (TPSA) is 91.8 Å². The number of carbonyl (C=O) groups is 2. The predicted molar refractivity (Wildman–Crippen MR) is 80.1 cm³/mol. The number of carboxylic acids is 1. The molecule has 22 heavy (non-hydrogen) atoms. The van der Waals surface area contributed by atoms with Gasteiger partial charge < -0.3 is 20.1 Å². The summed E-state index contributed by atoms with van der Waals surface area (Å²) in [5.41, 5.74) is 0. The van der Waals surface area contributed by atoms with E-state index in [9.17, 15) is 9.59 Å². The van der Waals surface area contributed by atoms with Crippen LogP contribution in [0.1, 0.15) is 12.8 Å². The summed E-state index contributed by atoms with van der Waals surface area (Å²) in [6.07, 6.45) is 2.48. The smallest absolute Gasteiger partial charge is 0.317 e. The van der Waals surface area contributed by atoms with Crippen LogP contribution in [0.3, 0.4) is 0 Å². The van der Waals surface area contributed by atoms with Crippen LogP contribution in [0.2, 0.25) is 5.02 Å². The first kappa shape index (κ1) is 16.4. The highest BCUT2D eigenvalue weighted by molar-refractivity contribution is 6.30. The Hall–Kier alpha value is -2.02. The molecule has 0 saturated carbocycles. The molecule has 8 heteroatoms. The number of nitrogens with one attached hydrogen (secondary N) is 1. The number of aliphatic carboxylic acids is 1. The molecule has 0 aromatic carbocycles. The van der Waals surface area contributed by atoms with Crippen molar-refractivity contribution >= 4 is 23.6 Å². The molecular formula is C14H18ClN3O4. The number of likely N-dealkylation sites (tertiary alicyclic amines) is 1. The predicted octanol–water partition coefficient (Wildman–Crippen LogP) is 1.62. The Labute approximate surface area is 133 Å². The van der Waals surface area contributed by atoms with Crippen LogP contribution in [0, 0.1) is 5.92 Å². The van der Waals surface area contributed by atoms with Gasteiger partial charge in [0.15, 0.2) is 0 Å². The van der Waals surface area contributed by atoms with E-state index in [1.54, 1.807) is 17.0 Å². The largest absolute Gasteiger partial charge is 0.481 e. The van der Waals surface area contributed by atoms with Crippen molar-refractivity contribution in [3.8, 4) is 5.88 Å². The Morgan fingerprint density at radius 3 is 2.73 bits per heavy atom. The third-order valence-corrected chi connectivity index (χ3v) is 3.68. The number of carboxylic acid groups (broad SMARTS) is 1. The second kappa shape index (κ2) is 7.84. The maximum atomic E-state index is 11.9. The third-order valence-electron chi connectivity index (χ3n) is 3.46. The molecule has 7 nitrogen and oxygen atoms in total. The fourth-order valence-corrected chi connectivity index (χ4v) is 2.31. The summed E-state index contributed by atoms with van der Waals surface area (Å²) in [5.74, 6) is -0.687. The van der Waals surface area contributed by atoms with E-state index >= 15 is 0 Å². The van der Waals surface area contributed by atoms with Gasteiger partial charge in [-0.15, -0.1) is 0 Å². The number of hydrogen-bond donors (Lipinski definition) is 2. The molecule has 0 unspecified atom stereocenters. The minimum Gasteiger partial charge on any atom is -0.481 e. The van der Waals surface area contributed by atoms with Crippen LogP contribution in [0.25, 0.3) is 0 Å². The number of ether oxygens (including phenoxy) is 1. The van der Waals surface area contributed by atoms with Crippen molar-refractivity contribution in [1.29, 1.82) is 0 Å². The Balaban J connectivity index is 1.64. The summed E-state index contributed by atoms with van der Waals surface area (Å²) in [5, 5.41) is 12.2. The van der Waals surface area contributed by atoms with E-state index in [2.05, 4.69) is 10.3 Å². The van der Waals surface area contributed by atoms with E-state index in [4.69, 9.17) is 21.4 Å². The van der Waals surface area contributed by atoms with Gasteiger partial charge in [0.1, 0.15) is 6.61 Å². The van der Waals surface area contributed by atoms with Crippen molar-refractivity contribution in [1.82, 2.24) is 15.2 Å². The Bertz CT molecular complexity index is 515. The summed E-state index contributed by atoms with van der Waals surface area (Å²) in [4.78, 5) is 28.4. The van der Waals surface area contributed by atoms with Gasteiger partial charge >= 0.3 is 12.0 Å². The Morgan fingerprint density at radius 1 is 1.41 bits per heavy atom. The van der Waals surface area contributed by atoms with E-state index in [1.165, 1.54) is 6.20 Å². The normalized spacial score (nSPS) is 15.4. The number of piperidine rings is 1. The summed E-state index contributed by atoms with van der Waals surface area (Å²) in [6.45, 7) is 1.57. The molecule has 1 saturated heterocycles. The van der Waals surface area contributed by atoms with Gasteiger partial charge in [-0.05, 0) is 18.9 Å². The van der Waals surface area contributed by atoms with Crippen molar-refractivity contribution < 1.29 is 19.4 Å². The number of pyridine rings is 1. The lowest BCUT2D eigenvalue weighted by molar-refractivity contribution is -0.143. The molecule has 2 amide bonds. The minimum atomic E-state index is -0.788. The monoisotopic (exact) mass is 327 g/mol. The number of hydrogen-bond acceptors (Lipinski definition) is 4. The lowest BCUT2D eigenvalue weighted by Gasteiger charge is -2.30. The minimum absolute atomic E-state index is 0.198. The first-order valence-electron chi connectivity index (χ1n) is 7.06. The van der Waals surface area contributed by atoms with Crippen molar-refractivity contribution in [2.75, 3.05) is 26.2 Å². The van der Waals surface area contributed by atoms with Crippen LogP contribution in [-0.2, 0) is 4.79 Å². The van der Waals surface area contributed by atoms with E-state index in [0.29, 0.717) is 50.0 Å². The zero-order valence-corrected chi connectivity index (χ0v) is 12.8. The van der Waals surface area contributed by atoms with E-state index in [1.807, 2.05) is 0 Å². The van der Waals surface area contributed by atoms with Crippen LogP contribution in [0.5, 0.6) is 5.88 Å². The van der Waals surface area contributed by atoms with Gasteiger partial charge in [-0.25, -0.2) is 9.78 Å². The summed E-state index contributed by atoms with van der Waals surface area (Å²) < 4.78 is 5.37. The molecule has 2 heterocycles. The standard InChI is InChI=1S/C14H18ClN3O4/c15-11-1-2-12(17-9-11)22-8-5-16-14(21)18-6-3-10(4-7-18)13(19)20/h1-2,9-10H,3-8H2,(H,16,21)(H,19,20). The SMILES string of the molecule is O=C(O)C1CCN(C(=O)NCCOc2ccc(Cl)cn2)CC1. The van der Waals surface area contributed by atoms with Gasteiger partial charge in [-0.1, -0.05) is 11.6 Å². The highest BCUT2D eigenvalue weighted by Gasteiger charge is 2.26. The third kappa shape index (κ3) is 4.77. The van der Waals surface area contributed by atoms with Crippen LogP contribution < -0.4 is 10.1 Å². The van der Waals surface area contributed by atoms with Crippen molar-refractivity contribution in [2.24, 2.45) is 5.92 Å². The van der Waals surface area contributed by atoms with Crippen molar-refractivity contribution in [3.05, 3.63) is 23.4 Å². The number of aromatic nitrogens is 1. The van der Waals surface area contributed by atoms with Gasteiger partial charge in [0.05, 0.1) is 17.5 Å². The van der Waals surface area contributed by atoms with Gasteiger partial charge in [-0.2, -0.15) is 0 Å². The van der Waals surface area contributed by atoms with Gasteiger partial charge in [0.25, 0.3) is 0 Å². The molecule has 0 spiro atoms. The summed E-state index contributed by atoms with van der Waals surface area (Å²) in [6, 6.07) is 3.13. The quantitative estimate of drug-likeness (QED) is 0.802. The van der Waals surface area contributed by atoms with Crippen LogP contribution in [-0.4, -0.2) is 53.2 Å². The molecule has 1 aliphatic heterocycles. The number of urea groups is 1. The fraction of sp³-hybridized carbons (Fsp3) is 0.500. The lowest BCUT2D eigenvalue weighted by atomic mass is 9.97. The molecule has 120 valence electrons. The lowest BCUT2D eigenvalue weighted by Crippen LogP contribution is -2.46. The first-order chi connectivity index (χ1) is 10.6. The van der Waals surface area contributed by atoms with E-state index < -0.39 is 5.97 Å². The van der Waals surface area contributed by atoms with Crippen LogP contribution in [0.4, 0.5) is 4.79 Å². The molecule has 1 aliphatic rings. The fourth-order valence-electron chi connectivity index (χ4n) is 2.20. The van der Waals surface area contributed by atoms with Gasteiger partial charge in [0.2, 0.25) is 5.88 Å². The van der Waals surface area contributed by atoms with Crippen molar-refractivity contribution in [2.45, 2.75) is 12.8 Å². The number of rotatable bonds is 5. The number of halogens is 1. The molecule has 1 fully saturated rings. The zero-order valence-electron chi connectivity index (χ0n) is 12.0. The van der Waals surface area contributed by atoms with Crippen LogP contribution >= 0.6 is 11.6 Å². The highest BCUT2D eigenvalue weighted by atomic mass is 35.5. The molecule has 0 radical (unpaired) electrons. The molecular weight excluding hydrogens is 310 g/mol. The Morgan fingerprint density at radius 2 is 2.14 bits per heavy atom. The Kier molecular flexibility index (Phi) is 5.83. The number of amides is 2. The number of carbonyl (C=O) groups excluding carboxylic acids is 1. The van der Waals surface area contributed by atoms with E-state index in [0.717, 1.165) is 0 Å². The number of nitrogens with zero attached hydrogens (tertiary/aromatic N) is 2.